The lowest BCUT2D eigenvalue weighted by Gasteiger charge is -2.35. The molecule has 0 aliphatic carbocycles. The molecule has 7 nitrogen and oxygen atoms in total. The SMILES string of the molecule is O=C(NC(c1ccccc1)N1CCOCC1)c1c(F)ccc(OCc2nc3cc(Cl)cnc3s2)c1F. The van der Waals surface area contributed by atoms with E-state index in [1.54, 1.807) is 6.07 Å². The number of halogens is 3. The molecule has 3 heterocycles. The molecule has 1 fully saturated rings. The van der Waals surface area contributed by atoms with Gasteiger partial charge in [-0.2, -0.15) is 0 Å². The number of hydrogen-bond acceptors (Lipinski definition) is 7. The number of nitrogens with one attached hydrogen (secondary N) is 1. The molecule has 2 aromatic carbocycles. The molecule has 186 valence electrons. The average molecular weight is 531 g/mol. The van der Waals surface area contributed by atoms with Crippen molar-refractivity contribution in [2.45, 2.75) is 12.8 Å². The van der Waals surface area contributed by atoms with Crippen molar-refractivity contribution in [1.82, 2.24) is 20.2 Å². The molecule has 1 unspecified atom stereocenters. The number of fused-ring (bicyclic) bond motifs is 1. The van der Waals surface area contributed by atoms with E-state index in [0.717, 1.165) is 17.7 Å². The van der Waals surface area contributed by atoms with E-state index >= 15 is 4.39 Å². The van der Waals surface area contributed by atoms with Gasteiger partial charge in [0.2, 0.25) is 0 Å². The summed E-state index contributed by atoms with van der Waals surface area (Å²) in [4.78, 5) is 24.4. The molecule has 0 spiro atoms. The van der Waals surface area contributed by atoms with Gasteiger partial charge in [-0.25, -0.2) is 18.7 Å². The predicted molar refractivity (Wildman–Crippen MR) is 132 cm³/mol. The number of thiazole rings is 1. The van der Waals surface area contributed by atoms with Crippen LogP contribution in [0, 0.1) is 11.6 Å². The Balaban J connectivity index is 1.36. The number of rotatable bonds is 7. The van der Waals surface area contributed by atoms with Gasteiger partial charge >= 0.3 is 0 Å². The van der Waals surface area contributed by atoms with Crippen LogP contribution in [0.25, 0.3) is 10.3 Å². The van der Waals surface area contributed by atoms with E-state index in [-0.39, 0.29) is 12.4 Å². The monoisotopic (exact) mass is 530 g/mol. The summed E-state index contributed by atoms with van der Waals surface area (Å²) in [6.07, 6.45) is 0.935. The number of nitrogens with zero attached hydrogens (tertiary/aromatic N) is 3. The first-order valence-electron chi connectivity index (χ1n) is 11.2. The first-order chi connectivity index (χ1) is 17.5. The zero-order valence-corrected chi connectivity index (χ0v) is 20.5. The summed E-state index contributed by atoms with van der Waals surface area (Å²) < 4.78 is 41.0. The Bertz CT molecular complexity index is 1380. The van der Waals surface area contributed by atoms with Crippen LogP contribution in [0.15, 0.2) is 54.7 Å². The third-order valence-corrected chi connectivity index (χ3v) is 6.85. The number of carbonyl (C=O) groups is 1. The molecular formula is C25H21ClF2N4O3S. The van der Waals surface area contributed by atoms with Gasteiger partial charge in [-0.3, -0.25) is 9.69 Å². The highest BCUT2D eigenvalue weighted by Gasteiger charge is 2.28. The number of pyridine rings is 1. The first kappa shape index (κ1) is 24.5. The number of benzene rings is 2. The third-order valence-electron chi connectivity index (χ3n) is 5.69. The van der Waals surface area contributed by atoms with Gasteiger partial charge in [0.05, 0.1) is 18.2 Å². The van der Waals surface area contributed by atoms with Crippen molar-refractivity contribution in [2.24, 2.45) is 0 Å². The second kappa shape index (κ2) is 10.8. The summed E-state index contributed by atoms with van der Waals surface area (Å²) in [5.74, 6) is -3.20. The Morgan fingerprint density at radius 3 is 2.75 bits per heavy atom. The zero-order valence-electron chi connectivity index (χ0n) is 18.9. The minimum Gasteiger partial charge on any atom is -0.483 e. The minimum atomic E-state index is -1.08. The second-order valence-corrected chi connectivity index (χ2v) is 9.54. The molecule has 11 heteroatoms. The van der Waals surface area contributed by atoms with Crippen LogP contribution in [-0.2, 0) is 11.3 Å². The van der Waals surface area contributed by atoms with Gasteiger partial charge in [-0.1, -0.05) is 53.3 Å². The Kier molecular flexibility index (Phi) is 7.38. The minimum absolute atomic E-state index is 0.0807. The Hall–Kier alpha value is -3.18. The van der Waals surface area contributed by atoms with Gasteiger partial charge in [0, 0.05) is 19.3 Å². The Labute approximate surface area is 214 Å². The predicted octanol–water partition coefficient (Wildman–Crippen LogP) is 4.96. The van der Waals surface area contributed by atoms with Crippen LogP contribution in [0.5, 0.6) is 5.75 Å². The lowest BCUT2D eigenvalue weighted by atomic mass is 10.1. The van der Waals surface area contributed by atoms with E-state index < -0.39 is 29.3 Å². The average Bonchev–Trinajstić information content (AvgIpc) is 3.30. The first-order valence-corrected chi connectivity index (χ1v) is 12.4. The maximum absolute atomic E-state index is 15.3. The molecule has 0 radical (unpaired) electrons. The summed E-state index contributed by atoms with van der Waals surface area (Å²) in [6.45, 7) is 2.05. The molecule has 4 aromatic rings. The van der Waals surface area contributed by atoms with Crippen molar-refractivity contribution in [3.05, 3.63) is 87.5 Å². The summed E-state index contributed by atoms with van der Waals surface area (Å²) in [6, 6.07) is 13.1. The van der Waals surface area contributed by atoms with E-state index in [2.05, 4.69) is 15.3 Å². The summed E-state index contributed by atoms with van der Waals surface area (Å²) in [7, 11) is 0. The van der Waals surface area contributed by atoms with Crippen LogP contribution in [-0.4, -0.2) is 47.1 Å². The fraction of sp³-hybridized carbons (Fsp3) is 0.240. The van der Waals surface area contributed by atoms with Gasteiger partial charge < -0.3 is 14.8 Å². The summed E-state index contributed by atoms with van der Waals surface area (Å²) >= 11 is 7.22. The van der Waals surface area contributed by atoms with Gasteiger partial charge in [-0.15, -0.1) is 0 Å². The number of aromatic nitrogens is 2. The van der Waals surface area contributed by atoms with E-state index in [9.17, 15) is 9.18 Å². The standard InChI is InChI=1S/C25H21ClF2N4O3S/c26-16-12-18-25(29-13-16)36-20(30-18)14-35-19-7-6-17(27)21(22(19)28)24(33)31-23(15-4-2-1-3-5-15)32-8-10-34-11-9-32/h1-7,12-13,23H,8-11,14H2,(H,31,33). The smallest absolute Gasteiger partial charge is 0.258 e. The van der Waals surface area contributed by atoms with E-state index in [1.807, 2.05) is 35.2 Å². The van der Waals surface area contributed by atoms with Crippen molar-refractivity contribution in [2.75, 3.05) is 26.3 Å². The van der Waals surface area contributed by atoms with E-state index in [0.29, 0.717) is 46.7 Å². The number of carbonyl (C=O) groups excluding carboxylic acids is 1. The lowest BCUT2D eigenvalue weighted by molar-refractivity contribution is 0.00837. The summed E-state index contributed by atoms with van der Waals surface area (Å²) in [5.41, 5.74) is 0.686. The number of amides is 1. The molecule has 1 atom stereocenters. The third kappa shape index (κ3) is 5.31. The van der Waals surface area contributed by atoms with Crippen molar-refractivity contribution in [3.8, 4) is 5.75 Å². The highest BCUT2D eigenvalue weighted by Crippen LogP contribution is 2.28. The quantitative estimate of drug-likeness (QED) is 0.364. The van der Waals surface area contributed by atoms with Gasteiger partial charge in [0.15, 0.2) is 11.6 Å². The van der Waals surface area contributed by atoms with Gasteiger partial charge in [0.1, 0.15) is 39.5 Å². The molecule has 1 amide bonds. The molecule has 5 rings (SSSR count). The van der Waals surface area contributed by atoms with Crippen LogP contribution >= 0.6 is 22.9 Å². The largest absolute Gasteiger partial charge is 0.483 e. The maximum Gasteiger partial charge on any atom is 0.258 e. The molecule has 1 N–H and O–H groups in total. The molecule has 1 saturated heterocycles. The number of hydrogen-bond donors (Lipinski definition) is 1. The van der Waals surface area contributed by atoms with Crippen LogP contribution in [0.1, 0.15) is 27.1 Å². The molecule has 36 heavy (non-hydrogen) atoms. The molecule has 1 aliphatic rings. The molecule has 0 saturated carbocycles. The maximum atomic E-state index is 15.3. The normalized spacial score (nSPS) is 15.1. The fourth-order valence-electron chi connectivity index (χ4n) is 3.95. The van der Waals surface area contributed by atoms with Crippen molar-refractivity contribution in [3.63, 3.8) is 0 Å². The summed E-state index contributed by atoms with van der Waals surface area (Å²) in [5, 5.41) is 3.77. The van der Waals surface area contributed by atoms with Crippen molar-refractivity contribution < 1.29 is 23.0 Å². The molecular weight excluding hydrogens is 510 g/mol. The number of morpholine rings is 1. The number of ether oxygens (including phenoxy) is 2. The second-order valence-electron chi connectivity index (χ2n) is 8.04. The van der Waals surface area contributed by atoms with Crippen LogP contribution in [0.3, 0.4) is 0 Å². The van der Waals surface area contributed by atoms with Gasteiger partial charge in [-0.05, 0) is 23.8 Å². The highest BCUT2D eigenvalue weighted by molar-refractivity contribution is 7.18. The Morgan fingerprint density at radius 1 is 1.19 bits per heavy atom. The van der Waals surface area contributed by atoms with Crippen LogP contribution in [0.4, 0.5) is 8.78 Å². The molecule has 1 aliphatic heterocycles. The van der Waals surface area contributed by atoms with Crippen molar-refractivity contribution >= 4 is 39.2 Å². The van der Waals surface area contributed by atoms with Crippen LogP contribution < -0.4 is 10.1 Å². The topological polar surface area (TPSA) is 76.6 Å². The van der Waals surface area contributed by atoms with E-state index in [1.165, 1.54) is 17.5 Å². The van der Waals surface area contributed by atoms with E-state index in [4.69, 9.17) is 21.1 Å². The van der Waals surface area contributed by atoms with Gasteiger partial charge in [0.25, 0.3) is 5.91 Å². The lowest BCUT2D eigenvalue weighted by Crippen LogP contribution is -2.46. The Morgan fingerprint density at radius 2 is 1.97 bits per heavy atom. The van der Waals surface area contributed by atoms with Crippen LogP contribution in [0.2, 0.25) is 5.02 Å². The molecule has 2 aromatic heterocycles. The zero-order chi connectivity index (χ0) is 25.1. The van der Waals surface area contributed by atoms with Crippen molar-refractivity contribution in [1.29, 1.82) is 0 Å². The highest BCUT2D eigenvalue weighted by atomic mass is 35.5. The fourth-order valence-corrected chi connectivity index (χ4v) is 4.90. The molecule has 0 bridgehead atoms.